The average Bonchev–Trinajstić information content (AvgIpc) is 3.34. The van der Waals surface area contributed by atoms with E-state index in [-0.39, 0.29) is 28.8 Å². The van der Waals surface area contributed by atoms with Crippen LogP contribution < -0.4 is 35.6 Å². The van der Waals surface area contributed by atoms with E-state index < -0.39 is 12.1 Å². The Kier molecular flexibility index (Phi) is 10.4. The molecule has 47 heavy (non-hydrogen) atoms. The number of ether oxygens (including phenoxy) is 3. The van der Waals surface area contributed by atoms with Crippen molar-refractivity contribution >= 4 is 28.4 Å². The highest BCUT2D eigenvalue weighted by atomic mass is 16.5. The normalized spacial score (nSPS) is 15.0. The minimum atomic E-state index is -0.643. The minimum Gasteiger partial charge on any atom is -0.493 e. The lowest BCUT2D eigenvalue weighted by Gasteiger charge is -2.24. The topological polar surface area (TPSA) is 131 Å². The molecule has 0 radical (unpaired) electrons. The van der Waals surface area contributed by atoms with Crippen LogP contribution in [0.2, 0.25) is 0 Å². The number of amides is 2. The van der Waals surface area contributed by atoms with Crippen LogP contribution in [0.5, 0.6) is 17.2 Å². The zero-order valence-corrected chi connectivity index (χ0v) is 27.9. The van der Waals surface area contributed by atoms with E-state index in [0.29, 0.717) is 48.6 Å². The van der Waals surface area contributed by atoms with Crippen LogP contribution in [0.1, 0.15) is 56.3 Å². The van der Waals surface area contributed by atoms with E-state index in [1.165, 1.54) is 6.92 Å². The van der Waals surface area contributed by atoms with E-state index in [1.807, 2.05) is 50.4 Å². The van der Waals surface area contributed by atoms with Gasteiger partial charge < -0.3 is 35.1 Å². The van der Waals surface area contributed by atoms with Crippen molar-refractivity contribution < 1.29 is 23.8 Å². The first-order valence-corrected chi connectivity index (χ1v) is 16.1. The van der Waals surface area contributed by atoms with Crippen molar-refractivity contribution in [3.8, 4) is 28.4 Å². The van der Waals surface area contributed by atoms with Crippen molar-refractivity contribution in [1.82, 2.24) is 15.6 Å². The molecule has 10 heteroatoms. The van der Waals surface area contributed by atoms with E-state index in [9.17, 15) is 14.4 Å². The first-order valence-electron chi connectivity index (χ1n) is 16.1. The minimum absolute atomic E-state index is 0.0597. The Morgan fingerprint density at radius 1 is 1.02 bits per heavy atom. The number of aromatic nitrogens is 1. The third kappa shape index (κ3) is 6.91. The van der Waals surface area contributed by atoms with E-state index in [2.05, 4.69) is 27.0 Å². The quantitative estimate of drug-likeness (QED) is 0.160. The van der Waals surface area contributed by atoms with Crippen LogP contribution in [0.3, 0.4) is 0 Å². The fraction of sp³-hybridized carbons (Fsp3) is 0.378. The Morgan fingerprint density at radius 2 is 1.79 bits per heavy atom. The van der Waals surface area contributed by atoms with Crippen LogP contribution in [-0.2, 0) is 22.4 Å². The number of benzene rings is 2. The Labute approximate surface area is 275 Å². The summed E-state index contributed by atoms with van der Waals surface area (Å²) in [6.07, 6.45) is 4.53. The summed E-state index contributed by atoms with van der Waals surface area (Å²) >= 11 is 0. The van der Waals surface area contributed by atoms with Crippen LogP contribution >= 0.6 is 0 Å². The number of rotatable bonds is 12. The van der Waals surface area contributed by atoms with Crippen molar-refractivity contribution in [3.05, 3.63) is 81.6 Å². The number of carbonyl (C=O) groups excluding carboxylic acids is 2. The number of nitrogens with one attached hydrogen (secondary N) is 4. The molecular weight excluding hydrogens is 596 g/mol. The summed E-state index contributed by atoms with van der Waals surface area (Å²) in [5.41, 5.74) is 5.28. The first-order chi connectivity index (χ1) is 22.7. The lowest BCUT2D eigenvalue weighted by Crippen LogP contribution is -2.45. The van der Waals surface area contributed by atoms with Gasteiger partial charge in [-0.3, -0.25) is 14.4 Å². The molecule has 4 N–H and O–H groups in total. The third-order valence-corrected chi connectivity index (χ3v) is 9.09. The fourth-order valence-corrected chi connectivity index (χ4v) is 6.47. The maximum Gasteiger partial charge on any atom is 0.242 e. The van der Waals surface area contributed by atoms with E-state index in [4.69, 9.17) is 14.2 Å². The Balaban J connectivity index is 1.50. The predicted molar refractivity (Wildman–Crippen MR) is 185 cm³/mol. The number of H-pyrrole nitrogens is 1. The number of hydrogen-bond acceptors (Lipinski definition) is 7. The second-order valence-electron chi connectivity index (χ2n) is 12.0. The monoisotopic (exact) mass is 640 g/mol. The van der Waals surface area contributed by atoms with Gasteiger partial charge >= 0.3 is 0 Å². The van der Waals surface area contributed by atoms with Crippen molar-refractivity contribution in [3.63, 3.8) is 0 Å². The maximum absolute atomic E-state index is 13.9. The molecule has 4 aromatic rings. The number of carbonyl (C=O) groups is 2. The number of hydrogen-bond donors (Lipinski definition) is 4. The molecule has 0 bridgehead atoms. The summed E-state index contributed by atoms with van der Waals surface area (Å²) in [4.78, 5) is 43.1. The Bertz CT molecular complexity index is 1830. The second-order valence-corrected chi connectivity index (χ2v) is 12.0. The van der Waals surface area contributed by atoms with Gasteiger partial charge in [-0.05, 0) is 71.7 Å². The van der Waals surface area contributed by atoms with Gasteiger partial charge in [0.05, 0.1) is 33.1 Å². The van der Waals surface area contributed by atoms with Gasteiger partial charge in [0, 0.05) is 36.1 Å². The summed E-state index contributed by atoms with van der Waals surface area (Å²) in [6.45, 7) is 5.93. The van der Waals surface area contributed by atoms with Crippen molar-refractivity contribution in [2.75, 3.05) is 33.2 Å². The number of methoxy groups -OCH3 is 3. The van der Waals surface area contributed by atoms with Crippen LogP contribution in [0.25, 0.3) is 22.0 Å². The lowest BCUT2D eigenvalue weighted by molar-refractivity contribution is -0.123. The molecule has 1 aliphatic rings. The molecule has 0 spiro atoms. The summed E-state index contributed by atoms with van der Waals surface area (Å²) in [5.74, 6) is 1.01. The fourth-order valence-electron chi connectivity index (χ4n) is 6.47. The number of fused-ring (bicyclic) bond motifs is 4. The van der Waals surface area contributed by atoms with Crippen molar-refractivity contribution in [2.24, 2.45) is 5.92 Å². The van der Waals surface area contributed by atoms with Gasteiger partial charge in [0.15, 0.2) is 11.5 Å². The molecular formula is C37H44N4O6. The maximum atomic E-state index is 13.9. The SMILES string of the molecule is CC[C@@H](C)[C@H](Nc1ccc2c(cc1=O)[C@@H](NC(C)=O)CCc1cc(OC)c(OC)c(OC)c1-2)C(=O)NCCc1c[nH]c2ccccc12. The lowest BCUT2D eigenvalue weighted by atomic mass is 9.95. The van der Waals surface area contributed by atoms with E-state index >= 15 is 0 Å². The highest BCUT2D eigenvalue weighted by molar-refractivity contribution is 5.87. The van der Waals surface area contributed by atoms with Crippen LogP contribution in [0.15, 0.2) is 59.5 Å². The molecule has 0 saturated heterocycles. The summed E-state index contributed by atoms with van der Waals surface area (Å²) in [5, 5.41) is 10.5. The van der Waals surface area contributed by atoms with Crippen molar-refractivity contribution in [1.29, 1.82) is 0 Å². The summed E-state index contributed by atoms with van der Waals surface area (Å²) in [7, 11) is 4.69. The molecule has 3 atom stereocenters. The van der Waals surface area contributed by atoms with Gasteiger partial charge in [0.1, 0.15) is 6.04 Å². The summed E-state index contributed by atoms with van der Waals surface area (Å²) < 4.78 is 17.2. The number of para-hydroxylation sites is 1. The van der Waals surface area contributed by atoms with E-state index in [1.54, 1.807) is 33.5 Å². The molecule has 1 heterocycles. The molecule has 2 amide bonds. The average molecular weight is 641 g/mol. The standard InChI is InChI=1S/C37H44N4O6/c1-7-21(2)34(37(44)38-17-16-24-20-39-28-11-9-8-10-25(24)28)41-30-15-13-26-27(19-31(30)43)29(40-22(3)42)14-12-23-18-32(45-4)35(46-5)36(47-6)33(23)26/h8-11,13,15,18-21,29,34,39H,7,12,14,16-17H2,1-6H3,(H,38,44)(H,40,42)(H,41,43)/t21-,29+,34+/m1/s1. The highest BCUT2D eigenvalue weighted by Gasteiger charge is 2.30. The number of aromatic amines is 1. The van der Waals surface area contributed by atoms with Gasteiger partial charge in [0.2, 0.25) is 23.0 Å². The molecule has 5 rings (SSSR count). The zero-order chi connectivity index (χ0) is 33.7. The van der Waals surface area contributed by atoms with Crippen molar-refractivity contribution in [2.45, 2.75) is 58.5 Å². The molecule has 3 aromatic carbocycles. The van der Waals surface area contributed by atoms with Gasteiger partial charge in [0.25, 0.3) is 0 Å². The van der Waals surface area contributed by atoms with Gasteiger partial charge in [-0.2, -0.15) is 0 Å². The molecule has 1 aliphatic carbocycles. The zero-order valence-electron chi connectivity index (χ0n) is 27.9. The van der Waals surface area contributed by atoms with Gasteiger partial charge in [-0.25, -0.2) is 0 Å². The largest absolute Gasteiger partial charge is 0.493 e. The van der Waals surface area contributed by atoms with Crippen LogP contribution in [0, 0.1) is 5.92 Å². The highest BCUT2D eigenvalue weighted by Crippen LogP contribution is 2.50. The second kappa shape index (κ2) is 14.6. The summed E-state index contributed by atoms with van der Waals surface area (Å²) in [6, 6.07) is 14.1. The van der Waals surface area contributed by atoms with E-state index in [0.717, 1.165) is 39.6 Å². The molecule has 0 fully saturated rings. The smallest absolute Gasteiger partial charge is 0.242 e. The molecule has 248 valence electrons. The predicted octanol–water partition coefficient (Wildman–Crippen LogP) is 5.53. The Hall–Kier alpha value is -4.99. The molecule has 0 unspecified atom stereocenters. The molecule has 0 aliphatic heterocycles. The number of aryl methyl sites for hydroxylation is 1. The molecule has 0 saturated carbocycles. The number of anilines is 1. The van der Waals surface area contributed by atoms with Crippen LogP contribution in [0.4, 0.5) is 5.69 Å². The molecule has 1 aromatic heterocycles. The molecule has 10 nitrogen and oxygen atoms in total. The van der Waals surface area contributed by atoms with Gasteiger partial charge in [-0.15, -0.1) is 0 Å². The van der Waals surface area contributed by atoms with Gasteiger partial charge in [-0.1, -0.05) is 44.5 Å². The van der Waals surface area contributed by atoms with Crippen LogP contribution in [-0.4, -0.2) is 50.7 Å². The Morgan fingerprint density at radius 3 is 2.49 bits per heavy atom. The first kappa shape index (κ1) is 33.4. The third-order valence-electron chi connectivity index (χ3n) is 9.09.